The third kappa shape index (κ3) is 4.79. The van der Waals surface area contributed by atoms with Crippen molar-refractivity contribution in [1.82, 2.24) is 9.80 Å². The fourth-order valence-corrected chi connectivity index (χ4v) is 3.37. The van der Waals surface area contributed by atoms with Crippen LogP contribution in [-0.4, -0.2) is 53.8 Å². The first-order valence-electron chi connectivity index (χ1n) is 9.43. The normalized spacial score (nSPS) is 16.2. The first kappa shape index (κ1) is 21.8. The number of amides is 2. The van der Waals surface area contributed by atoms with E-state index in [1.54, 1.807) is 17.9 Å². The van der Waals surface area contributed by atoms with Gasteiger partial charge < -0.3 is 10.2 Å². The minimum absolute atomic E-state index is 0.0759. The van der Waals surface area contributed by atoms with Crippen molar-refractivity contribution in [3.05, 3.63) is 65.5 Å². The van der Waals surface area contributed by atoms with Gasteiger partial charge in [-0.05, 0) is 31.2 Å². The topological polar surface area (TPSA) is 52.7 Å². The zero-order chi connectivity index (χ0) is 21.9. The molecule has 2 amide bonds. The van der Waals surface area contributed by atoms with E-state index >= 15 is 0 Å². The summed E-state index contributed by atoms with van der Waals surface area (Å²) in [6.07, 6.45) is -4.62. The standard InChI is InChI=1S/C21H21F4N3O2/c1-14(19(29)26-18-9-5-4-8-17(18)22)27-10-12-28(13-11-27)20(30)15-6-2-3-7-16(15)21(23,24)25/h2-9,14H,10-13H2,1H3,(H,26,29). The number of nitrogens with zero attached hydrogens (tertiary/aromatic N) is 2. The molecule has 0 radical (unpaired) electrons. The molecular formula is C21H21F4N3O2. The highest BCUT2D eigenvalue weighted by molar-refractivity contribution is 5.96. The zero-order valence-corrected chi connectivity index (χ0v) is 16.2. The van der Waals surface area contributed by atoms with Gasteiger partial charge in [0.05, 0.1) is 22.9 Å². The molecule has 30 heavy (non-hydrogen) atoms. The Kier molecular flexibility index (Phi) is 6.40. The highest BCUT2D eigenvalue weighted by Gasteiger charge is 2.36. The van der Waals surface area contributed by atoms with Crippen molar-refractivity contribution < 1.29 is 27.2 Å². The van der Waals surface area contributed by atoms with Crippen molar-refractivity contribution in [2.75, 3.05) is 31.5 Å². The second-order valence-electron chi connectivity index (χ2n) is 7.02. The molecule has 1 heterocycles. The molecule has 1 fully saturated rings. The number of alkyl halides is 3. The maximum absolute atomic E-state index is 13.7. The van der Waals surface area contributed by atoms with Crippen LogP contribution in [0.25, 0.3) is 0 Å². The summed E-state index contributed by atoms with van der Waals surface area (Å²) in [5.74, 6) is -1.63. The Labute approximate surface area is 171 Å². The Morgan fingerprint density at radius 3 is 2.20 bits per heavy atom. The lowest BCUT2D eigenvalue weighted by atomic mass is 10.1. The number of nitrogens with one attached hydrogen (secondary N) is 1. The lowest BCUT2D eigenvalue weighted by Gasteiger charge is -2.37. The van der Waals surface area contributed by atoms with Gasteiger partial charge in [0, 0.05) is 26.2 Å². The number of benzene rings is 2. The number of carbonyl (C=O) groups is 2. The molecule has 9 heteroatoms. The van der Waals surface area contributed by atoms with E-state index in [9.17, 15) is 27.2 Å². The first-order valence-corrected chi connectivity index (χ1v) is 9.43. The van der Waals surface area contributed by atoms with E-state index in [-0.39, 0.29) is 24.3 Å². The van der Waals surface area contributed by atoms with Crippen LogP contribution in [0.3, 0.4) is 0 Å². The van der Waals surface area contributed by atoms with Gasteiger partial charge in [-0.3, -0.25) is 14.5 Å². The molecule has 1 N–H and O–H groups in total. The summed E-state index contributed by atoms with van der Waals surface area (Å²) in [7, 11) is 0. The maximum Gasteiger partial charge on any atom is 0.417 e. The summed E-state index contributed by atoms with van der Waals surface area (Å²) < 4.78 is 53.3. The summed E-state index contributed by atoms with van der Waals surface area (Å²) in [6.45, 7) is 2.65. The fraction of sp³-hybridized carbons (Fsp3) is 0.333. The van der Waals surface area contributed by atoms with Gasteiger partial charge in [-0.2, -0.15) is 13.2 Å². The Balaban J connectivity index is 1.61. The highest BCUT2D eigenvalue weighted by atomic mass is 19.4. The number of piperazine rings is 1. The van der Waals surface area contributed by atoms with E-state index in [2.05, 4.69) is 5.32 Å². The van der Waals surface area contributed by atoms with Crippen LogP contribution in [-0.2, 0) is 11.0 Å². The Morgan fingerprint density at radius 1 is 0.967 bits per heavy atom. The predicted octanol–water partition coefficient (Wildman–Crippen LogP) is 3.63. The number of hydrogen-bond acceptors (Lipinski definition) is 3. The second-order valence-corrected chi connectivity index (χ2v) is 7.02. The quantitative estimate of drug-likeness (QED) is 0.765. The molecule has 2 aromatic rings. The molecule has 1 unspecified atom stereocenters. The van der Waals surface area contributed by atoms with Crippen molar-refractivity contribution in [3.63, 3.8) is 0 Å². The molecule has 5 nitrogen and oxygen atoms in total. The molecule has 1 aliphatic rings. The van der Waals surface area contributed by atoms with Crippen LogP contribution in [0.15, 0.2) is 48.5 Å². The second kappa shape index (κ2) is 8.83. The van der Waals surface area contributed by atoms with Crippen molar-refractivity contribution in [1.29, 1.82) is 0 Å². The van der Waals surface area contributed by atoms with Crippen molar-refractivity contribution in [3.8, 4) is 0 Å². The average Bonchev–Trinajstić information content (AvgIpc) is 2.74. The molecule has 0 aromatic heterocycles. The van der Waals surface area contributed by atoms with E-state index in [0.29, 0.717) is 13.1 Å². The summed E-state index contributed by atoms with van der Waals surface area (Å²) in [6, 6.07) is 9.91. The van der Waals surface area contributed by atoms with Gasteiger partial charge >= 0.3 is 6.18 Å². The highest BCUT2D eigenvalue weighted by Crippen LogP contribution is 2.32. The lowest BCUT2D eigenvalue weighted by molar-refractivity contribution is -0.138. The van der Waals surface area contributed by atoms with Crippen LogP contribution in [0.5, 0.6) is 0 Å². The number of para-hydroxylation sites is 1. The van der Waals surface area contributed by atoms with Gasteiger partial charge in [-0.1, -0.05) is 24.3 Å². The molecule has 1 saturated heterocycles. The number of carbonyl (C=O) groups excluding carboxylic acids is 2. The van der Waals surface area contributed by atoms with Gasteiger partial charge in [0.2, 0.25) is 5.91 Å². The van der Waals surface area contributed by atoms with Crippen molar-refractivity contribution >= 4 is 17.5 Å². The van der Waals surface area contributed by atoms with Crippen LogP contribution >= 0.6 is 0 Å². The van der Waals surface area contributed by atoms with Crippen molar-refractivity contribution in [2.24, 2.45) is 0 Å². The smallest absolute Gasteiger partial charge is 0.336 e. The van der Waals surface area contributed by atoms with E-state index < -0.39 is 35.4 Å². The molecular weight excluding hydrogens is 402 g/mol. The molecule has 1 aliphatic heterocycles. The summed E-state index contributed by atoms with van der Waals surface area (Å²) in [5.41, 5.74) is -1.27. The molecule has 0 spiro atoms. The number of anilines is 1. The van der Waals surface area contributed by atoms with Crippen LogP contribution in [0.2, 0.25) is 0 Å². The summed E-state index contributed by atoms with van der Waals surface area (Å²) >= 11 is 0. The first-order chi connectivity index (χ1) is 14.2. The molecule has 1 atom stereocenters. The Morgan fingerprint density at radius 2 is 1.57 bits per heavy atom. The molecule has 2 aromatic carbocycles. The van der Waals surface area contributed by atoms with Crippen molar-refractivity contribution in [2.45, 2.75) is 19.1 Å². The van der Waals surface area contributed by atoms with Gasteiger partial charge in [0.1, 0.15) is 5.82 Å². The van der Waals surface area contributed by atoms with Gasteiger partial charge in [0.25, 0.3) is 5.91 Å². The number of hydrogen-bond donors (Lipinski definition) is 1. The predicted molar refractivity (Wildman–Crippen MR) is 103 cm³/mol. The van der Waals surface area contributed by atoms with Gasteiger partial charge in [-0.15, -0.1) is 0 Å². The number of rotatable bonds is 4. The molecule has 3 rings (SSSR count). The Hall–Kier alpha value is -2.94. The summed E-state index contributed by atoms with van der Waals surface area (Å²) in [5, 5.41) is 2.53. The van der Waals surface area contributed by atoms with E-state index in [0.717, 1.165) is 6.07 Å². The van der Waals surface area contributed by atoms with E-state index in [1.807, 2.05) is 0 Å². The van der Waals surface area contributed by atoms with Crippen LogP contribution in [0, 0.1) is 5.82 Å². The van der Waals surface area contributed by atoms with E-state index in [1.165, 1.54) is 41.3 Å². The van der Waals surface area contributed by atoms with Gasteiger partial charge in [0.15, 0.2) is 0 Å². The SMILES string of the molecule is CC(C(=O)Nc1ccccc1F)N1CCN(C(=O)c2ccccc2C(F)(F)F)CC1. The minimum Gasteiger partial charge on any atom is -0.336 e. The zero-order valence-electron chi connectivity index (χ0n) is 16.2. The largest absolute Gasteiger partial charge is 0.417 e. The molecule has 160 valence electrons. The van der Waals surface area contributed by atoms with Crippen LogP contribution in [0.4, 0.5) is 23.2 Å². The minimum atomic E-state index is -4.62. The number of halogens is 4. The lowest BCUT2D eigenvalue weighted by Crippen LogP contribution is -2.54. The third-order valence-electron chi connectivity index (χ3n) is 5.12. The molecule has 0 saturated carbocycles. The van der Waals surface area contributed by atoms with E-state index in [4.69, 9.17) is 0 Å². The maximum atomic E-state index is 13.7. The van der Waals surface area contributed by atoms with Crippen LogP contribution < -0.4 is 5.32 Å². The van der Waals surface area contributed by atoms with Crippen LogP contribution in [0.1, 0.15) is 22.8 Å². The fourth-order valence-electron chi connectivity index (χ4n) is 3.37. The van der Waals surface area contributed by atoms with Gasteiger partial charge in [-0.25, -0.2) is 4.39 Å². The Bertz CT molecular complexity index is 924. The third-order valence-corrected chi connectivity index (χ3v) is 5.12. The molecule has 0 aliphatic carbocycles. The summed E-state index contributed by atoms with van der Waals surface area (Å²) in [4.78, 5) is 28.2. The molecule has 0 bridgehead atoms. The monoisotopic (exact) mass is 423 g/mol. The average molecular weight is 423 g/mol.